The molecule has 1 aliphatic heterocycles. The Bertz CT molecular complexity index is 1020. The number of ketones is 1. The lowest BCUT2D eigenvalue weighted by molar-refractivity contribution is -0.123. The summed E-state index contributed by atoms with van der Waals surface area (Å²) < 4.78 is 42.9. The molecule has 0 unspecified atom stereocenters. The van der Waals surface area contributed by atoms with Gasteiger partial charge >= 0.3 is 10.1 Å². The molecular weight excluding hydrogens is 401 g/mol. The number of benzene rings is 2. The second-order valence-electron chi connectivity index (χ2n) is 5.38. The van der Waals surface area contributed by atoms with Gasteiger partial charge < -0.3 is 14.7 Å². The van der Waals surface area contributed by atoms with E-state index in [4.69, 9.17) is 39.2 Å². The summed E-state index contributed by atoms with van der Waals surface area (Å²) in [5, 5.41) is 0.343. The van der Waals surface area contributed by atoms with Crippen molar-refractivity contribution >= 4 is 39.1 Å². The molecule has 0 radical (unpaired) electrons. The predicted octanol–water partition coefficient (Wildman–Crippen LogP) is 3.31. The molecule has 6 nitrogen and oxygen atoms in total. The van der Waals surface area contributed by atoms with E-state index in [0.717, 1.165) is 0 Å². The Kier molecular flexibility index (Phi) is 4.76. The molecule has 1 aliphatic rings. The monoisotopic (exact) mass is 414 g/mol. The third kappa shape index (κ3) is 4.12. The topological polar surface area (TPSA) is 95.7 Å². The van der Waals surface area contributed by atoms with Gasteiger partial charge in [0, 0.05) is 15.6 Å². The zero-order valence-electron chi connectivity index (χ0n) is 14.1. The van der Waals surface area contributed by atoms with E-state index in [2.05, 4.69) is 0 Å². The molecule has 0 bridgehead atoms. The first-order valence-electron chi connectivity index (χ1n) is 7.77. The maximum absolute atomic E-state index is 12.7. The summed E-state index contributed by atoms with van der Waals surface area (Å²) in [6.45, 7) is 0. The molecule has 0 amide bonds. The summed E-state index contributed by atoms with van der Waals surface area (Å²) in [7, 11) is -4.21. The summed E-state index contributed by atoms with van der Waals surface area (Å²) in [4.78, 5) is 12.7. The van der Waals surface area contributed by atoms with Crippen LogP contribution in [0.25, 0.3) is 0 Å². The first-order valence-corrected chi connectivity index (χ1v) is 9.60. The van der Waals surface area contributed by atoms with Crippen LogP contribution in [0.2, 0.25) is 10.0 Å². The molecule has 0 spiro atoms. The van der Waals surface area contributed by atoms with E-state index in [1.54, 1.807) is 30.3 Å². The molecule has 0 saturated heterocycles. The average molecular weight is 415 g/mol. The molecule has 0 aliphatic carbocycles. The van der Waals surface area contributed by atoms with Crippen molar-refractivity contribution in [2.45, 2.75) is 11.8 Å². The maximum Gasteiger partial charge on any atom is 0.313 e. The van der Waals surface area contributed by atoms with Gasteiger partial charge in [-0.2, -0.15) is 8.42 Å². The van der Waals surface area contributed by atoms with E-state index in [1.807, 2.05) is 0 Å². The average Bonchev–Trinajstić information content (AvgIpc) is 2.78. The van der Waals surface area contributed by atoms with E-state index >= 15 is 0 Å². The summed E-state index contributed by atoms with van der Waals surface area (Å²) >= 11 is 11.8. The zero-order valence-corrected chi connectivity index (χ0v) is 15.4. The lowest BCUT2D eigenvalue weighted by atomic mass is 10.1. The number of nitrogens with two attached hydrogens (primary N) is 1. The molecule has 9 heteroatoms. The van der Waals surface area contributed by atoms with Crippen LogP contribution in [0.5, 0.6) is 0 Å². The normalized spacial score (nSPS) is 20.7. The van der Waals surface area contributed by atoms with Crippen LogP contribution in [-0.2, 0) is 29.6 Å². The number of ether oxygens (including phenoxy) is 1. The number of halogens is 2. The van der Waals surface area contributed by atoms with Gasteiger partial charge in [-0.1, -0.05) is 53.5 Å². The third-order valence-electron chi connectivity index (χ3n) is 3.37. The maximum atomic E-state index is 12.7. The molecule has 26 heavy (non-hydrogen) atoms. The Hall–Kier alpha value is -2.22. The minimum absolute atomic E-state index is 0.00740. The van der Waals surface area contributed by atoms with E-state index in [-0.39, 0.29) is 15.6 Å². The lowest BCUT2D eigenvalue weighted by Gasteiger charge is -2.11. The summed E-state index contributed by atoms with van der Waals surface area (Å²) in [5.74, 6) is -2.92. The highest BCUT2D eigenvalue weighted by Crippen LogP contribution is 2.35. The van der Waals surface area contributed by atoms with Crippen LogP contribution in [-0.4, -0.2) is 14.2 Å². The van der Waals surface area contributed by atoms with Gasteiger partial charge in [-0.05, 0) is 23.8 Å². The molecule has 2 aromatic rings. The Labute approximate surface area is 161 Å². The minimum atomic E-state index is -4.21. The third-order valence-corrected chi connectivity index (χ3v) is 4.91. The van der Waals surface area contributed by atoms with Gasteiger partial charge in [0.2, 0.25) is 17.4 Å². The van der Waals surface area contributed by atoms with Crippen LogP contribution in [0.1, 0.15) is 18.6 Å². The molecule has 3 rings (SSSR count). The smallest absolute Gasteiger partial charge is 0.313 e. The van der Waals surface area contributed by atoms with Crippen molar-refractivity contribution in [3.05, 3.63) is 81.3 Å². The number of carbonyl (C=O) groups is 1. The van der Waals surface area contributed by atoms with Crippen molar-refractivity contribution in [1.29, 1.82) is 0 Å². The van der Waals surface area contributed by atoms with Gasteiger partial charge in [-0.25, -0.2) is 0 Å². The number of carbonyl (C=O) groups excluding carboxylic acids is 1. The molecule has 2 aromatic carbocycles. The van der Waals surface area contributed by atoms with Crippen molar-refractivity contribution in [2.75, 3.05) is 0 Å². The summed E-state index contributed by atoms with van der Waals surface area (Å²) in [5.41, 5.74) is 6.07. The molecule has 1 heterocycles. The van der Waals surface area contributed by atoms with Crippen LogP contribution in [0.15, 0.2) is 60.2 Å². The van der Waals surface area contributed by atoms with Crippen molar-refractivity contribution in [3.63, 3.8) is 0 Å². The van der Waals surface area contributed by atoms with Crippen LogP contribution in [0.4, 0.5) is 0 Å². The van der Waals surface area contributed by atoms with Gasteiger partial charge in [-0.15, -0.1) is 0 Å². The van der Waals surface area contributed by atoms with Gasteiger partial charge in [0.05, 0.1) is 1.37 Å². The SMILES string of the molecule is [2H][C@]1(c2cc(Cl)cc(Cl)c2)OC(N)=C(OS(=O)(=O)Cc2ccccc2)C1=O. The second kappa shape index (κ2) is 7.19. The molecule has 136 valence electrons. The van der Waals surface area contributed by atoms with E-state index in [9.17, 15) is 13.2 Å². The highest BCUT2D eigenvalue weighted by molar-refractivity contribution is 7.86. The van der Waals surface area contributed by atoms with Crippen molar-refractivity contribution in [1.82, 2.24) is 0 Å². The first-order chi connectivity index (χ1) is 12.6. The first kappa shape index (κ1) is 17.2. The number of hydrogen-bond acceptors (Lipinski definition) is 6. The standard InChI is InChI=1S/C17H13Cl2NO5S/c18-12-6-11(7-13(19)8-12)15-14(21)16(17(20)24-15)25-26(22,23)9-10-4-2-1-3-5-10/h1-8,15H,9,20H2/t15-/m1/s1/i15D. The molecule has 1 atom stereocenters. The highest BCUT2D eigenvalue weighted by atomic mass is 35.5. The number of hydrogen-bond donors (Lipinski definition) is 1. The molecule has 0 fully saturated rings. The predicted molar refractivity (Wildman–Crippen MR) is 96.7 cm³/mol. The van der Waals surface area contributed by atoms with E-state index in [1.165, 1.54) is 18.2 Å². The largest absolute Gasteiger partial charge is 0.460 e. The van der Waals surface area contributed by atoms with E-state index < -0.39 is 39.4 Å². The van der Waals surface area contributed by atoms with Gasteiger partial charge in [0.15, 0.2) is 6.08 Å². The fourth-order valence-electron chi connectivity index (χ4n) is 2.31. The van der Waals surface area contributed by atoms with Crippen LogP contribution in [0.3, 0.4) is 0 Å². The van der Waals surface area contributed by atoms with Gasteiger partial charge in [0.1, 0.15) is 5.75 Å². The lowest BCUT2D eigenvalue weighted by Crippen LogP contribution is -2.16. The Balaban J connectivity index is 1.87. The van der Waals surface area contributed by atoms with E-state index in [0.29, 0.717) is 5.56 Å². The summed E-state index contributed by atoms with van der Waals surface area (Å²) in [6.07, 6.45) is -2.35. The second-order valence-corrected chi connectivity index (χ2v) is 7.83. The number of rotatable bonds is 5. The molecular formula is C17H13Cl2NO5S. The molecule has 0 saturated carbocycles. The fourth-order valence-corrected chi connectivity index (χ4v) is 3.90. The fraction of sp³-hybridized carbons (Fsp3) is 0.118. The van der Waals surface area contributed by atoms with Gasteiger partial charge in [0.25, 0.3) is 0 Å². The van der Waals surface area contributed by atoms with Crippen LogP contribution in [0, 0.1) is 0 Å². The van der Waals surface area contributed by atoms with Crippen LogP contribution >= 0.6 is 23.2 Å². The Morgan fingerprint density at radius 1 is 1.15 bits per heavy atom. The molecule has 2 N–H and O–H groups in total. The molecule has 0 aromatic heterocycles. The Morgan fingerprint density at radius 3 is 2.38 bits per heavy atom. The zero-order chi connectivity index (χ0) is 19.8. The van der Waals surface area contributed by atoms with Crippen LogP contribution < -0.4 is 5.73 Å². The summed E-state index contributed by atoms with van der Waals surface area (Å²) in [6, 6.07) is 12.3. The number of Topliss-reactive ketones (excluding diaryl/α,β-unsaturated/α-hetero) is 1. The Morgan fingerprint density at radius 2 is 1.77 bits per heavy atom. The quantitative estimate of drug-likeness (QED) is 0.753. The highest BCUT2D eigenvalue weighted by Gasteiger charge is 2.39. The van der Waals surface area contributed by atoms with Crippen molar-refractivity contribution in [3.8, 4) is 0 Å². The van der Waals surface area contributed by atoms with Crippen molar-refractivity contribution < 1.29 is 23.5 Å². The minimum Gasteiger partial charge on any atom is -0.460 e. The van der Waals surface area contributed by atoms with Crippen molar-refractivity contribution in [2.24, 2.45) is 5.73 Å². The van der Waals surface area contributed by atoms with Gasteiger partial charge in [-0.3, -0.25) is 4.79 Å².